The Morgan fingerprint density at radius 3 is 2.74 bits per heavy atom. The van der Waals surface area contributed by atoms with Gasteiger partial charge in [0.1, 0.15) is 53.9 Å². The molecule has 8 rings (SSSR count). The van der Waals surface area contributed by atoms with Crippen molar-refractivity contribution in [1.82, 2.24) is 39.0 Å². The molecule has 0 bridgehead atoms. The fourth-order valence-corrected chi connectivity index (χ4v) is 10.4. The number of aromatic nitrogens is 8. The molecule has 0 radical (unpaired) electrons. The molecule has 20 nitrogen and oxygen atoms in total. The maximum atomic E-state index is 12.4. The number of H-pyrrole nitrogens is 1. The smallest absolute Gasteiger partial charge is 0.389 e. The number of aliphatic hydroxyl groups is 2. The molecule has 47 heavy (non-hydrogen) atoms. The zero-order chi connectivity index (χ0) is 33.0. The number of thiol groups is 1. The number of nitrogens with one attached hydrogen (secondary N) is 1. The molecular weight excluding hydrogens is 722 g/mol. The summed E-state index contributed by atoms with van der Waals surface area (Å²) in [6.07, 6.45) is 0.156. The summed E-state index contributed by atoms with van der Waals surface area (Å²) in [4.78, 5) is 46.9. The third-order valence-electron chi connectivity index (χ3n) is 8.69. The van der Waals surface area contributed by atoms with Gasteiger partial charge in [-0.15, -0.1) is 16.3 Å². The minimum absolute atomic E-state index is 0.0191. The van der Waals surface area contributed by atoms with Crippen molar-refractivity contribution in [2.75, 3.05) is 24.7 Å². The lowest BCUT2D eigenvalue weighted by Gasteiger charge is -2.62. The second-order valence-corrected chi connectivity index (χ2v) is 17.3. The van der Waals surface area contributed by atoms with Crippen LogP contribution in [0.3, 0.4) is 0 Å². The van der Waals surface area contributed by atoms with Crippen LogP contribution in [0.5, 0.6) is 0 Å². The third kappa shape index (κ3) is 5.03. The van der Waals surface area contributed by atoms with Crippen molar-refractivity contribution in [2.24, 2.45) is 5.92 Å². The molecule has 0 spiro atoms. The largest absolute Gasteiger partial charge is 0.582 e. The fourth-order valence-electron chi connectivity index (χ4n) is 6.76. The minimum atomic E-state index is -4.16. The molecule has 2 unspecified atom stereocenters. The summed E-state index contributed by atoms with van der Waals surface area (Å²) >= 11 is 10.3. The molecule has 25 heteroatoms. The minimum Gasteiger partial charge on any atom is -0.389 e. The molecule has 4 aromatic heterocycles. The Morgan fingerprint density at radius 2 is 1.98 bits per heavy atom. The van der Waals surface area contributed by atoms with Gasteiger partial charge in [0.05, 0.1) is 36.5 Å². The summed E-state index contributed by atoms with van der Waals surface area (Å²) < 4.78 is 43.7. The van der Waals surface area contributed by atoms with Crippen molar-refractivity contribution in [1.29, 1.82) is 0 Å². The van der Waals surface area contributed by atoms with Crippen molar-refractivity contribution in [3.63, 3.8) is 0 Å². The number of aromatic amines is 1. The number of anilines is 2. The zero-order valence-electron chi connectivity index (χ0n) is 23.5. The SMILES string of the molecule is Nc1nc2c(ncn2[C@@H]2S[C@H](CO[P+](=O)S)[C@@H](O)[C@H]2OP(O)(=S)OC[C@@]23C[C@]4(O)O[C@@H]([C@H](n5cnc6c(N)ncnc65)O2)[C@@H]34)c(=O)[nH]1. The number of ether oxygens (including phenoxy) is 2. The van der Waals surface area contributed by atoms with Crippen molar-refractivity contribution in [3.8, 4) is 0 Å². The average Bonchev–Trinajstić information content (AvgIpc) is 3.71. The molecule has 250 valence electrons. The van der Waals surface area contributed by atoms with Crippen LogP contribution in [0.1, 0.15) is 18.0 Å². The van der Waals surface area contributed by atoms with Crippen molar-refractivity contribution in [2.45, 2.75) is 53.0 Å². The fraction of sp³-hybridized carbons (Fsp3) is 0.545. The maximum absolute atomic E-state index is 12.4. The second kappa shape index (κ2) is 11.1. The molecular formula is C22H25N10O10P2S3+. The Morgan fingerprint density at radius 1 is 1.21 bits per heavy atom. The molecule has 4 aromatic rings. The highest BCUT2D eigenvalue weighted by molar-refractivity contribution is 8.39. The Kier molecular flexibility index (Phi) is 7.51. The molecule has 1 aliphatic carbocycles. The predicted octanol–water partition coefficient (Wildman–Crippen LogP) is -0.304. The first-order chi connectivity index (χ1) is 22.3. The summed E-state index contributed by atoms with van der Waals surface area (Å²) in [6, 6.07) is 0. The van der Waals surface area contributed by atoms with Crippen LogP contribution in [0.4, 0.5) is 11.8 Å². The number of nitrogen functional groups attached to an aromatic ring is 2. The summed E-state index contributed by atoms with van der Waals surface area (Å²) in [7, 11) is -2.29. The van der Waals surface area contributed by atoms with E-state index < -0.39 is 72.0 Å². The van der Waals surface area contributed by atoms with Crippen LogP contribution in [0.15, 0.2) is 23.8 Å². The molecule has 8 N–H and O–H groups in total. The van der Waals surface area contributed by atoms with E-state index >= 15 is 0 Å². The lowest BCUT2D eigenvalue weighted by molar-refractivity contribution is -0.433. The van der Waals surface area contributed by atoms with Crippen LogP contribution in [-0.4, -0.2) is 102 Å². The van der Waals surface area contributed by atoms with Gasteiger partial charge in [0, 0.05) is 6.42 Å². The highest BCUT2D eigenvalue weighted by atomic mass is 32.7. The van der Waals surface area contributed by atoms with Crippen LogP contribution >= 0.6 is 38.0 Å². The highest BCUT2D eigenvalue weighted by Gasteiger charge is 2.82. The monoisotopic (exact) mass is 747 g/mol. The normalized spacial score (nSPS) is 35.8. The lowest BCUT2D eigenvalue weighted by atomic mass is 9.59. The van der Waals surface area contributed by atoms with Gasteiger partial charge in [0.15, 0.2) is 34.6 Å². The topological polar surface area (TPSA) is 283 Å². The lowest BCUT2D eigenvalue weighted by Crippen LogP contribution is -2.77. The van der Waals surface area contributed by atoms with Crippen LogP contribution < -0.4 is 17.0 Å². The van der Waals surface area contributed by atoms with Gasteiger partial charge < -0.3 is 40.6 Å². The number of hydrogen-bond donors (Lipinski definition) is 7. The van der Waals surface area contributed by atoms with E-state index in [-0.39, 0.29) is 42.6 Å². The summed E-state index contributed by atoms with van der Waals surface area (Å²) in [5.41, 5.74) is 10.8. The van der Waals surface area contributed by atoms with E-state index in [4.69, 9.17) is 46.3 Å². The highest BCUT2D eigenvalue weighted by Crippen LogP contribution is 2.69. The number of nitrogens with zero attached hydrogens (tertiary/aromatic N) is 7. The Balaban J connectivity index is 1.04. The molecule has 4 aliphatic rings. The molecule has 0 aromatic carbocycles. The Labute approximate surface area is 277 Å². The van der Waals surface area contributed by atoms with Gasteiger partial charge in [0.2, 0.25) is 5.95 Å². The van der Waals surface area contributed by atoms with Gasteiger partial charge in [-0.25, -0.2) is 19.9 Å². The third-order valence-corrected chi connectivity index (χ3v) is 12.5. The van der Waals surface area contributed by atoms with E-state index in [1.54, 1.807) is 4.57 Å². The van der Waals surface area contributed by atoms with Crippen LogP contribution in [0.2, 0.25) is 0 Å². The predicted molar refractivity (Wildman–Crippen MR) is 169 cm³/mol. The molecule has 11 atom stereocenters. The molecule has 3 aliphatic heterocycles. The number of fused-ring (bicyclic) bond motifs is 2. The van der Waals surface area contributed by atoms with Gasteiger partial charge in [-0.05, 0) is 16.4 Å². The standard InChI is InChI=1S/C22H24N10O10P2S3/c23-14-8-15(26-4-25-14)31(5-27-8)18-12-13-21(41-18,2-22(13,35)40-12)3-39-44(37,46)42-11-10(33)7(1-38-43(36)45)47-19(11)32-6-28-9-16(32)29-20(24)30-17(9)34/h4-7,10-13,18-19,33,35H,1-3H2,(H6-,23,24,25,26,29,30,34,36,37,45,46)/p+1/t7-,10-,11-,12-,13+,18-,19-,21-,22+,44?/m1/s1. The number of rotatable bonds is 10. The molecule has 3 saturated heterocycles. The van der Waals surface area contributed by atoms with Crippen LogP contribution in [0, 0.1) is 5.92 Å². The molecule has 0 amide bonds. The summed E-state index contributed by atoms with van der Waals surface area (Å²) in [6.45, 7) is -4.65. The van der Waals surface area contributed by atoms with Crippen molar-refractivity contribution < 1.29 is 42.7 Å². The number of aliphatic hydroxyl groups excluding tert-OH is 1. The van der Waals surface area contributed by atoms with Gasteiger partial charge in [0.25, 0.3) is 5.56 Å². The number of thioether (sulfide) groups is 1. The van der Waals surface area contributed by atoms with Crippen LogP contribution in [0.25, 0.3) is 22.3 Å². The first-order valence-electron chi connectivity index (χ1n) is 13.8. The first-order valence-corrected chi connectivity index (χ1v) is 19.7. The number of imidazole rings is 2. The van der Waals surface area contributed by atoms with Crippen molar-refractivity contribution >= 4 is 83.9 Å². The van der Waals surface area contributed by atoms with Crippen LogP contribution in [-0.2, 0) is 39.4 Å². The van der Waals surface area contributed by atoms with E-state index in [1.165, 1.54) is 23.5 Å². The molecule has 4 fully saturated rings. The maximum Gasteiger partial charge on any atom is 0.582 e. The first kappa shape index (κ1) is 31.9. The summed E-state index contributed by atoms with van der Waals surface area (Å²) in [5.74, 6) is -1.97. The number of nitrogens with two attached hydrogens (primary N) is 2. The van der Waals surface area contributed by atoms with Gasteiger partial charge in [-0.2, -0.15) is 4.98 Å². The van der Waals surface area contributed by atoms with E-state index in [0.717, 1.165) is 11.8 Å². The van der Waals surface area contributed by atoms with Gasteiger partial charge in [-0.1, -0.05) is 0 Å². The van der Waals surface area contributed by atoms with Gasteiger partial charge in [-0.3, -0.25) is 23.4 Å². The average molecular weight is 748 g/mol. The number of hydrogen-bond acceptors (Lipinski definition) is 18. The molecule has 7 heterocycles. The molecule has 1 saturated carbocycles. The second-order valence-electron chi connectivity index (χ2n) is 11.4. The quantitative estimate of drug-likeness (QED) is 0.0809. The zero-order valence-corrected chi connectivity index (χ0v) is 27.9. The Bertz CT molecular complexity index is 2050. The van der Waals surface area contributed by atoms with Crippen molar-refractivity contribution in [3.05, 3.63) is 29.3 Å². The summed E-state index contributed by atoms with van der Waals surface area (Å²) in [5, 5.41) is 20.6. The van der Waals surface area contributed by atoms with E-state index in [0.29, 0.717) is 11.2 Å². The van der Waals surface area contributed by atoms with E-state index in [1.807, 2.05) is 0 Å². The van der Waals surface area contributed by atoms with Gasteiger partial charge >= 0.3 is 13.9 Å². The van der Waals surface area contributed by atoms with E-state index in [2.05, 4.69) is 42.2 Å². The Hall–Kier alpha value is -2.37. The van der Waals surface area contributed by atoms with E-state index in [9.17, 15) is 24.5 Å².